The second-order valence-corrected chi connectivity index (χ2v) is 6.95. The third-order valence-corrected chi connectivity index (χ3v) is 5.59. The summed E-state index contributed by atoms with van der Waals surface area (Å²) in [6, 6.07) is 3.52. The van der Waals surface area contributed by atoms with Gasteiger partial charge in [-0.3, -0.25) is 0 Å². The van der Waals surface area contributed by atoms with E-state index in [0.29, 0.717) is 6.42 Å². The van der Waals surface area contributed by atoms with Crippen LogP contribution in [0.15, 0.2) is 23.1 Å². The lowest BCUT2D eigenvalue weighted by molar-refractivity contribution is 0.0996. The van der Waals surface area contributed by atoms with E-state index in [-0.39, 0.29) is 23.3 Å². The Hall–Kier alpha value is -0.690. The quantitative estimate of drug-likeness (QED) is 0.930. The molecule has 0 saturated carbocycles. The van der Waals surface area contributed by atoms with E-state index in [9.17, 15) is 12.8 Å². The zero-order valence-corrected chi connectivity index (χ0v) is 11.5. The molecule has 19 heavy (non-hydrogen) atoms. The monoisotopic (exact) mass is 305 g/mol. The number of sulfonamides is 1. The average molecular weight is 306 g/mol. The van der Waals surface area contributed by atoms with Crippen molar-refractivity contribution in [3.8, 4) is 0 Å². The number of benzene rings is 1. The van der Waals surface area contributed by atoms with Crippen LogP contribution in [0.25, 0.3) is 0 Å². The first-order valence-corrected chi connectivity index (χ1v) is 7.95. The highest BCUT2D eigenvalue weighted by Crippen LogP contribution is 2.35. The number of nitrogens with one attached hydrogen (secondary N) is 1. The summed E-state index contributed by atoms with van der Waals surface area (Å²) in [4.78, 5) is -0.487. The Kier molecular flexibility index (Phi) is 3.29. The normalized spacial score (nSPS) is 29.9. The Balaban J connectivity index is 1.87. The summed E-state index contributed by atoms with van der Waals surface area (Å²) in [6.07, 6.45) is 2.45. The maximum atomic E-state index is 13.7. The molecule has 2 bridgehead atoms. The number of hydrogen-bond acceptors (Lipinski definition) is 3. The molecule has 1 aromatic carbocycles. The molecule has 3 atom stereocenters. The van der Waals surface area contributed by atoms with Crippen LogP contribution in [-0.2, 0) is 14.8 Å². The lowest BCUT2D eigenvalue weighted by Gasteiger charge is -2.20. The predicted molar refractivity (Wildman–Crippen MR) is 68.0 cm³/mol. The second kappa shape index (κ2) is 4.70. The zero-order valence-electron chi connectivity index (χ0n) is 9.97. The molecule has 3 rings (SSSR count). The van der Waals surface area contributed by atoms with Gasteiger partial charge in [-0.05, 0) is 31.4 Å². The molecule has 4 nitrogen and oxygen atoms in total. The van der Waals surface area contributed by atoms with Gasteiger partial charge in [0.25, 0.3) is 0 Å². The summed E-state index contributed by atoms with van der Waals surface area (Å²) in [5.41, 5.74) is 0. The molecule has 0 radical (unpaired) electrons. The molecule has 1 N–H and O–H groups in total. The van der Waals surface area contributed by atoms with Crippen molar-refractivity contribution in [3.63, 3.8) is 0 Å². The first kappa shape index (κ1) is 13.3. The molecule has 2 fully saturated rings. The molecule has 3 unspecified atom stereocenters. The van der Waals surface area contributed by atoms with Crippen molar-refractivity contribution in [2.75, 3.05) is 0 Å². The van der Waals surface area contributed by atoms with Crippen LogP contribution in [0.5, 0.6) is 0 Å². The van der Waals surface area contributed by atoms with E-state index in [2.05, 4.69) is 4.72 Å². The topological polar surface area (TPSA) is 55.4 Å². The van der Waals surface area contributed by atoms with Gasteiger partial charge in [0.15, 0.2) is 0 Å². The summed E-state index contributed by atoms with van der Waals surface area (Å²) >= 11 is 5.79. The third-order valence-electron chi connectivity index (χ3n) is 3.60. The third kappa shape index (κ3) is 2.38. The van der Waals surface area contributed by atoms with Crippen molar-refractivity contribution < 1.29 is 17.5 Å². The fourth-order valence-electron chi connectivity index (χ4n) is 2.76. The van der Waals surface area contributed by atoms with Crippen molar-refractivity contribution in [3.05, 3.63) is 29.0 Å². The highest BCUT2D eigenvalue weighted by molar-refractivity contribution is 7.89. The Bertz CT molecular complexity index is 587. The van der Waals surface area contributed by atoms with Crippen LogP contribution in [-0.4, -0.2) is 26.7 Å². The van der Waals surface area contributed by atoms with Crippen LogP contribution >= 0.6 is 11.6 Å². The molecular formula is C12H13ClFNO3S. The van der Waals surface area contributed by atoms with E-state index < -0.39 is 20.7 Å². The predicted octanol–water partition coefficient (Wildman–Crippen LogP) is 2.08. The van der Waals surface area contributed by atoms with Crippen LogP contribution in [0.4, 0.5) is 4.39 Å². The number of halogens is 2. The van der Waals surface area contributed by atoms with E-state index in [1.54, 1.807) is 0 Å². The van der Waals surface area contributed by atoms with Gasteiger partial charge in [-0.2, -0.15) is 0 Å². The van der Waals surface area contributed by atoms with E-state index >= 15 is 0 Å². The fraction of sp³-hybridized carbons (Fsp3) is 0.500. The van der Waals surface area contributed by atoms with Gasteiger partial charge in [0, 0.05) is 0 Å². The van der Waals surface area contributed by atoms with E-state index in [4.69, 9.17) is 16.3 Å². The first-order valence-electron chi connectivity index (χ1n) is 6.09. The minimum atomic E-state index is -3.96. The molecule has 2 saturated heterocycles. The lowest BCUT2D eigenvalue weighted by Crippen LogP contribution is -2.41. The van der Waals surface area contributed by atoms with Crippen molar-refractivity contribution in [1.29, 1.82) is 0 Å². The Labute approximate surface area is 116 Å². The molecular weight excluding hydrogens is 293 g/mol. The van der Waals surface area contributed by atoms with Crippen molar-refractivity contribution in [2.24, 2.45) is 0 Å². The number of ether oxygens (including phenoxy) is 1. The SMILES string of the molecule is O=S(=O)(NC1CC2CCC1O2)c1c(F)cccc1Cl. The highest BCUT2D eigenvalue weighted by Gasteiger charge is 2.43. The lowest BCUT2D eigenvalue weighted by atomic mass is 9.96. The summed E-state index contributed by atoms with van der Waals surface area (Å²) in [5, 5.41) is -0.114. The van der Waals surface area contributed by atoms with Gasteiger partial charge in [0.1, 0.15) is 10.7 Å². The number of hydrogen-bond donors (Lipinski definition) is 1. The van der Waals surface area contributed by atoms with Crippen LogP contribution in [0, 0.1) is 5.82 Å². The average Bonchev–Trinajstić information content (AvgIpc) is 2.89. The summed E-state index contributed by atoms with van der Waals surface area (Å²) in [7, 11) is -3.96. The maximum absolute atomic E-state index is 13.7. The molecule has 2 aliphatic rings. The van der Waals surface area contributed by atoms with Gasteiger partial charge in [-0.1, -0.05) is 17.7 Å². The van der Waals surface area contributed by atoms with E-state index in [0.717, 1.165) is 18.9 Å². The minimum Gasteiger partial charge on any atom is -0.373 e. The molecule has 7 heteroatoms. The standard InChI is InChI=1S/C12H13ClFNO3S/c13-8-2-1-3-9(14)12(8)19(16,17)15-10-6-7-4-5-11(10)18-7/h1-3,7,10-11,15H,4-6H2. The Morgan fingerprint density at radius 3 is 2.74 bits per heavy atom. The van der Waals surface area contributed by atoms with Crippen LogP contribution in [0.3, 0.4) is 0 Å². The van der Waals surface area contributed by atoms with Gasteiger partial charge < -0.3 is 4.74 Å². The highest BCUT2D eigenvalue weighted by atomic mass is 35.5. The molecule has 104 valence electrons. The van der Waals surface area contributed by atoms with Gasteiger partial charge >= 0.3 is 0 Å². The van der Waals surface area contributed by atoms with Gasteiger partial charge in [0.05, 0.1) is 23.3 Å². The molecule has 1 aromatic rings. The molecule has 0 aliphatic carbocycles. The number of fused-ring (bicyclic) bond motifs is 2. The minimum absolute atomic E-state index is 0.106. The van der Waals surface area contributed by atoms with Crippen LogP contribution in [0.2, 0.25) is 5.02 Å². The molecule has 2 aliphatic heterocycles. The van der Waals surface area contributed by atoms with Gasteiger partial charge in [-0.25, -0.2) is 17.5 Å². The van der Waals surface area contributed by atoms with Gasteiger partial charge in [0.2, 0.25) is 10.0 Å². The van der Waals surface area contributed by atoms with Crippen molar-refractivity contribution in [1.82, 2.24) is 4.72 Å². The zero-order chi connectivity index (χ0) is 13.6. The fourth-order valence-corrected chi connectivity index (χ4v) is 4.64. The van der Waals surface area contributed by atoms with E-state index in [1.807, 2.05) is 0 Å². The van der Waals surface area contributed by atoms with Crippen molar-refractivity contribution >= 4 is 21.6 Å². The second-order valence-electron chi connectivity index (χ2n) is 4.89. The summed E-state index contributed by atoms with van der Waals surface area (Å²) in [5.74, 6) is -0.843. The summed E-state index contributed by atoms with van der Waals surface area (Å²) in [6.45, 7) is 0. The van der Waals surface area contributed by atoms with E-state index in [1.165, 1.54) is 12.1 Å². The Morgan fingerprint density at radius 2 is 2.16 bits per heavy atom. The molecule has 0 aromatic heterocycles. The molecule has 2 heterocycles. The largest absolute Gasteiger partial charge is 0.373 e. The smallest absolute Gasteiger partial charge is 0.245 e. The van der Waals surface area contributed by atoms with Crippen molar-refractivity contribution in [2.45, 2.75) is 42.4 Å². The molecule has 0 amide bonds. The number of rotatable bonds is 3. The Morgan fingerprint density at radius 1 is 1.37 bits per heavy atom. The first-order chi connectivity index (χ1) is 8.97. The van der Waals surface area contributed by atoms with Crippen LogP contribution in [0.1, 0.15) is 19.3 Å². The van der Waals surface area contributed by atoms with Gasteiger partial charge in [-0.15, -0.1) is 0 Å². The van der Waals surface area contributed by atoms with Crippen LogP contribution < -0.4 is 4.72 Å². The summed E-state index contributed by atoms with van der Waals surface area (Å²) < 4.78 is 46.2. The molecule has 0 spiro atoms. The maximum Gasteiger partial charge on any atom is 0.245 e.